The highest BCUT2D eigenvalue weighted by molar-refractivity contribution is 7.91. The van der Waals surface area contributed by atoms with Gasteiger partial charge in [0.05, 0.1) is 7.49 Å². The van der Waals surface area contributed by atoms with Gasteiger partial charge in [-0.1, -0.05) is 91.0 Å². The molecule has 0 spiro atoms. The Kier molecular flexibility index (Phi) is 4.15. The molecule has 1 radical (unpaired) electrons. The number of rotatable bonds is 4. The second kappa shape index (κ2) is 6.22. The van der Waals surface area contributed by atoms with E-state index in [0.717, 1.165) is 0 Å². The van der Waals surface area contributed by atoms with Crippen molar-refractivity contribution < 1.29 is 4.52 Å². The molecule has 2 heteroatoms. The zero-order valence-electron chi connectivity index (χ0n) is 12.0. The molecular weight excluding hydrogens is 275 g/mol. The maximum Gasteiger partial charge on any atom is 0.0700 e. The smallest absolute Gasteiger partial charge is 0.0700 e. The predicted molar refractivity (Wildman–Crippen MR) is 92.2 cm³/mol. The van der Waals surface area contributed by atoms with Crippen LogP contribution in [0.4, 0.5) is 0 Å². The first-order valence-corrected chi connectivity index (χ1v) is 8.70. The lowest BCUT2D eigenvalue weighted by molar-refractivity contribution is 0.466. The molecule has 0 N–H and O–H groups in total. The van der Waals surface area contributed by atoms with Crippen molar-refractivity contribution >= 4 is 23.4 Å². The summed E-state index contributed by atoms with van der Waals surface area (Å²) >= 11 is 0. The molecule has 0 heterocycles. The third kappa shape index (κ3) is 2.51. The van der Waals surface area contributed by atoms with Crippen molar-refractivity contribution in [1.29, 1.82) is 0 Å². The first-order valence-electron chi connectivity index (χ1n) is 6.99. The summed E-state index contributed by atoms with van der Waals surface area (Å²) in [5.41, 5.74) is 0. The molecule has 0 atom stereocenters. The topological polar surface area (TPSA) is 9.23 Å². The Morgan fingerprint density at radius 1 is 0.524 bits per heavy atom. The monoisotopic (exact) mass is 293 g/mol. The molecule has 0 unspecified atom stereocenters. The summed E-state index contributed by atoms with van der Waals surface area (Å²) in [5, 5.41) is 3.72. The number of benzene rings is 3. The fourth-order valence-corrected chi connectivity index (χ4v) is 5.98. The van der Waals surface area contributed by atoms with Gasteiger partial charge in [-0.3, -0.25) is 0 Å². The summed E-state index contributed by atoms with van der Waals surface area (Å²) in [6, 6.07) is 31.6. The van der Waals surface area contributed by atoms with Gasteiger partial charge in [0, 0.05) is 23.0 Å². The van der Waals surface area contributed by atoms with Crippen LogP contribution in [0.2, 0.25) is 0 Å². The van der Waals surface area contributed by atoms with Crippen LogP contribution in [0, 0.1) is 0 Å². The summed E-state index contributed by atoms with van der Waals surface area (Å²) in [7, 11) is -0.214. The summed E-state index contributed by atoms with van der Waals surface area (Å²) in [6.45, 7) is 0. The molecule has 3 rings (SSSR count). The van der Waals surface area contributed by atoms with E-state index in [2.05, 4.69) is 72.8 Å². The minimum atomic E-state index is -2.03. The highest BCUT2D eigenvalue weighted by Gasteiger charge is 2.33. The summed E-state index contributed by atoms with van der Waals surface area (Å²) in [5.74, 6) is 0. The van der Waals surface area contributed by atoms with Gasteiger partial charge in [0.1, 0.15) is 0 Å². The lowest BCUT2D eigenvalue weighted by Crippen LogP contribution is -2.32. The van der Waals surface area contributed by atoms with Crippen molar-refractivity contribution in [2.24, 2.45) is 0 Å². The SMILES string of the molecule is CO[P](c1ccccc1)(c1ccccc1)c1ccccc1. The van der Waals surface area contributed by atoms with Crippen LogP contribution in [0.1, 0.15) is 0 Å². The zero-order chi connectivity index (χ0) is 14.5. The van der Waals surface area contributed by atoms with Crippen LogP contribution in [0.15, 0.2) is 91.0 Å². The minimum absolute atomic E-state index is 1.24. The standard InChI is InChI=1S/C19H18OP/c1-20-21(17-11-5-2-6-12-17,18-13-7-3-8-14-18)19-15-9-4-10-16-19/h2-16H,1H3. The predicted octanol–water partition coefficient (Wildman–Crippen LogP) is 3.54. The molecule has 1 nitrogen and oxygen atoms in total. The van der Waals surface area contributed by atoms with Gasteiger partial charge in [0.25, 0.3) is 0 Å². The maximum atomic E-state index is 6.21. The van der Waals surface area contributed by atoms with Gasteiger partial charge >= 0.3 is 0 Å². The van der Waals surface area contributed by atoms with Gasteiger partial charge in [-0.05, 0) is 0 Å². The maximum absolute atomic E-state index is 6.21. The van der Waals surface area contributed by atoms with Gasteiger partial charge < -0.3 is 4.52 Å². The molecule has 0 fully saturated rings. The Labute approximate surface area is 126 Å². The molecule has 21 heavy (non-hydrogen) atoms. The van der Waals surface area contributed by atoms with Crippen molar-refractivity contribution in [1.82, 2.24) is 0 Å². The van der Waals surface area contributed by atoms with Crippen LogP contribution in [-0.2, 0) is 4.52 Å². The van der Waals surface area contributed by atoms with Crippen LogP contribution in [0.25, 0.3) is 0 Å². The van der Waals surface area contributed by atoms with E-state index in [1.165, 1.54) is 15.9 Å². The highest BCUT2D eigenvalue weighted by atomic mass is 31.2. The number of hydrogen-bond acceptors (Lipinski definition) is 1. The molecule has 0 aliphatic rings. The van der Waals surface area contributed by atoms with E-state index in [0.29, 0.717) is 0 Å². The Bertz CT molecular complexity index is 584. The Morgan fingerprint density at radius 2 is 0.810 bits per heavy atom. The zero-order valence-corrected chi connectivity index (χ0v) is 12.9. The normalized spacial score (nSPS) is 11.3. The summed E-state index contributed by atoms with van der Waals surface area (Å²) < 4.78 is 6.21. The Balaban J connectivity index is 2.29. The van der Waals surface area contributed by atoms with Crippen LogP contribution in [-0.4, -0.2) is 7.11 Å². The van der Waals surface area contributed by atoms with Gasteiger partial charge in [0.2, 0.25) is 0 Å². The quantitative estimate of drug-likeness (QED) is 0.669. The largest absolute Gasteiger partial charge is 0.355 e. The first kappa shape index (κ1) is 14.0. The molecule has 0 aromatic heterocycles. The lowest BCUT2D eigenvalue weighted by Gasteiger charge is -2.36. The molecule has 105 valence electrons. The van der Waals surface area contributed by atoms with Crippen molar-refractivity contribution in [3.63, 3.8) is 0 Å². The molecular formula is C19H18OP. The van der Waals surface area contributed by atoms with E-state index in [4.69, 9.17) is 4.52 Å². The lowest BCUT2D eigenvalue weighted by atomic mass is 10.4. The molecule has 0 amide bonds. The van der Waals surface area contributed by atoms with Gasteiger partial charge in [0.15, 0.2) is 0 Å². The molecule has 3 aromatic carbocycles. The fourth-order valence-electron chi connectivity index (χ4n) is 2.68. The second-order valence-electron chi connectivity index (χ2n) is 4.80. The summed E-state index contributed by atoms with van der Waals surface area (Å²) in [6.07, 6.45) is 0. The first-order chi connectivity index (χ1) is 10.4. The third-order valence-corrected chi connectivity index (χ3v) is 7.26. The van der Waals surface area contributed by atoms with Crippen LogP contribution >= 0.6 is 7.49 Å². The van der Waals surface area contributed by atoms with Gasteiger partial charge in [-0.15, -0.1) is 0 Å². The van der Waals surface area contributed by atoms with Crippen molar-refractivity contribution in [3.05, 3.63) is 91.0 Å². The van der Waals surface area contributed by atoms with Gasteiger partial charge in [-0.25, -0.2) is 0 Å². The van der Waals surface area contributed by atoms with E-state index in [1.807, 2.05) is 25.3 Å². The van der Waals surface area contributed by atoms with E-state index in [1.54, 1.807) is 0 Å². The van der Waals surface area contributed by atoms with Crippen LogP contribution in [0.5, 0.6) is 0 Å². The average Bonchev–Trinajstić information content (AvgIpc) is 2.59. The van der Waals surface area contributed by atoms with E-state index < -0.39 is 7.49 Å². The van der Waals surface area contributed by atoms with Crippen molar-refractivity contribution in [2.75, 3.05) is 7.11 Å². The van der Waals surface area contributed by atoms with E-state index >= 15 is 0 Å². The van der Waals surface area contributed by atoms with Crippen molar-refractivity contribution in [3.8, 4) is 0 Å². The Morgan fingerprint density at radius 3 is 1.05 bits per heavy atom. The van der Waals surface area contributed by atoms with Crippen LogP contribution in [0.3, 0.4) is 0 Å². The highest BCUT2D eigenvalue weighted by Crippen LogP contribution is 2.55. The Hall–Kier alpha value is -1.95. The molecule has 0 aliphatic heterocycles. The second-order valence-corrected chi connectivity index (χ2v) is 7.93. The fraction of sp³-hybridized carbons (Fsp3) is 0.0526. The minimum Gasteiger partial charge on any atom is -0.355 e. The average molecular weight is 293 g/mol. The van der Waals surface area contributed by atoms with E-state index in [-0.39, 0.29) is 0 Å². The number of hydrogen-bond donors (Lipinski definition) is 0. The third-order valence-electron chi connectivity index (χ3n) is 3.63. The molecule has 0 saturated heterocycles. The molecule has 0 bridgehead atoms. The molecule has 3 aromatic rings. The van der Waals surface area contributed by atoms with Crippen LogP contribution < -0.4 is 15.9 Å². The van der Waals surface area contributed by atoms with Gasteiger partial charge in [-0.2, -0.15) is 0 Å². The van der Waals surface area contributed by atoms with Crippen molar-refractivity contribution in [2.45, 2.75) is 0 Å². The molecule has 0 aliphatic carbocycles. The summed E-state index contributed by atoms with van der Waals surface area (Å²) in [4.78, 5) is 0. The molecule has 0 saturated carbocycles. The van der Waals surface area contributed by atoms with E-state index in [9.17, 15) is 0 Å².